The lowest BCUT2D eigenvalue weighted by Gasteiger charge is -2.26. The predicted octanol–water partition coefficient (Wildman–Crippen LogP) is 1.01. The number of carbonyl (C=O) groups is 1. The lowest BCUT2D eigenvalue weighted by Crippen LogP contribution is -2.35. The predicted molar refractivity (Wildman–Crippen MR) is 80.5 cm³/mol. The second-order valence-electron chi connectivity index (χ2n) is 5.56. The molecule has 2 aliphatic rings. The number of nitrogens with zero attached hydrogens (tertiary/aromatic N) is 1. The highest BCUT2D eigenvalue weighted by molar-refractivity contribution is 5.78. The minimum atomic E-state index is 0.107. The normalized spacial score (nSPS) is 22.5. The third-order valence-corrected chi connectivity index (χ3v) is 3.86. The molecule has 3 rings (SSSR count). The van der Waals surface area contributed by atoms with Crippen molar-refractivity contribution in [3.05, 3.63) is 35.4 Å². The first-order valence-electron chi connectivity index (χ1n) is 7.47. The molecule has 4 nitrogen and oxygen atoms in total. The van der Waals surface area contributed by atoms with Gasteiger partial charge in [-0.25, -0.2) is 0 Å². The number of hydrogen-bond acceptors (Lipinski definition) is 3. The summed E-state index contributed by atoms with van der Waals surface area (Å²) in [4.78, 5) is 13.5. The van der Waals surface area contributed by atoms with Crippen molar-refractivity contribution in [3.8, 4) is 11.8 Å². The van der Waals surface area contributed by atoms with Gasteiger partial charge in [-0.3, -0.25) is 9.69 Å². The number of ether oxygens (including phenoxy) is 1. The molecule has 2 saturated heterocycles. The van der Waals surface area contributed by atoms with Crippen molar-refractivity contribution in [1.29, 1.82) is 0 Å². The van der Waals surface area contributed by atoms with E-state index >= 15 is 0 Å². The van der Waals surface area contributed by atoms with Crippen LogP contribution in [0.1, 0.15) is 17.5 Å². The first kappa shape index (κ1) is 14.1. The summed E-state index contributed by atoms with van der Waals surface area (Å²) < 4.78 is 5.36. The standard InChI is InChI=1S/C17H20N2O2/c20-17-11-16(12-18-17)6-3-14-1-4-15(5-2-14)13-19-7-9-21-10-8-19/h1-2,4-5,16H,7-13H2,(H,18,20). The van der Waals surface area contributed by atoms with Crippen LogP contribution in [0.3, 0.4) is 0 Å². The third kappa shape index (κ3) is 4.07. The molecule has 0 aromatic heterocycles. The second kappa shape index (κ2) is 6.75. The summed E-state index contributed by atoms with van der Waals surface area (Å²) in [5.41, 5.74) is 2.32. The molecule has 4 heteroatoms. The van der Waals surface area contributed by atoms with Gasteiger partial charge in [0, 0.05) is 44.1 Å². The van der Waals surface area contributed by atoms with Crippen LogP contribution in [-0.2, 0) is 16.1 Å². The molecule has 0 spiro atoms. The van der Waals surface area contributed by atoms with E-state index in [1.165, 1.54) is 5.56 Å². The van der Waals surface area contributed by atoms with Crippen molar-refractivity contribution in [2.45, 2.75) is 13.0 Å². The fourth-order valence-electron chi connectivity index (χ4n) is 2.60. The molecule has 1 aromatic carbocycles. The maximum absolute atomic E-state index is 11.1. The highest BCUT2D eigenvalue weighted by Crippen LogP contribution is 2.10. The van der Waals surface area contributed by atoms with Gasteiger partial charge in [0.05, 0.1) is 13.2 Å². The van der Waals surface area contributed by atoms with E-state index in [0.29, 0.717) is 13.0 Å². The van der Waals surface area contributed by atoms with Crippen LogP contribution in [0.4, 0.5) is 0 Å². The highest BCUT2D eigenvalue weighted by Gasteiger charge is 2.18. The summed E-state index contributed by atoms with van der Waals surface area (Å²) >= 11 is 0. The molecule has 1 atom stereocenters. The van der Waals surface area contributed by atoms with Gasteiger partial charge in [0.25, 0.3) is 0 Å². The second-order valence-corrected chi connectivity index (χ2v) is 5.56. The van der Waals surface area contributed by atoms with Gasteiger partial charge < -0.3 is 10.1 Å². The Labute approximate surface area is 125 Å². The van der Waals surface area contributed by atoms with Crippen LogP contribution < -0.4 is 5.32 Å². The molecular weight excluding hydrogens is 264 g/mol. The Morgan fingerprint density at radius 2 is 2.00 bits per heavy atom. The molecule has 0 bridgehead atoms. The minimum absolute atomic E-state index is 0.107. The number of hydrogen-bond donors (Lipinski definition) is 1. The molecule has 0 radical (unpaired) electrons. The van der Waals surface area contributed by atoms with Crippen LogP contribution >= 0.6 is 0 Å². The van der Waals surface area contributed by atoms with Gasteiger partial charge >= 0.3 is 0 Å². The molecule has 2 aliphatic heterocycles. The van der Waals surface area contributed by atoms with Gasteiger partial charge in [0.1, 0.15) is 0 Å². The van der Waals surface area contributed by atoms with Crippen molar-refractivity contribution in [1.82, 2.24) is 10.2 Å². The van der Waals surface area contributed by atoms with Gasteiger partial charge in [-0.1, -0.05) is 24.0 Å². The lowest BCUT2D eigenvalue weighted by molar-refractivity contribution is -0.119. The summed E-state index contributed by atoms with van der Waals surface area (Å²) in [6.07, 6.45) is 0.530. The molecule has 1 aromatic rings. The van der Waals surface area contributed by atoms with Crippen molar-refractivity contribution >= 4 is 5.91 Å². The number of amides is 1. The number of rotatable bonds is 2. The molecule has 1 unspecified atom stereocenters. The minimum Gasteiger partial charge on any atom is -0.379 e. The lowest BCUT2D eigenvalue weighted by atomic mass is 10.1. The molecule has 2 fully saturated rings. The maximum Gasteiger partial charge on any atom is 0.221 e. The Balaban J connectivity index is 1.56. The Kier molecular flexibility index (Phi) is 4.54. The van der Waals surface area contributed by atoms with E-state index in [-0.39, 0.29) is 11.8 Å². The largest absolute Gasteiger partial charge is 0.379 e. The van der Waals surface area contributed by atoms with Gasteiger partial charge in [0.15, 0.2) is 0 Å². The van der Waals surface area contributed by atoms with Gasteiger partial charge in [-0.15, -0.1) is 0 Å². The smallest absolute Gasteiger partial charge is 0.221 e. The van der Waals surface area contributed by atoms with Crippen LogP contribution in [0.5, 0.6) is 0 Å². The zero-order chi connectivity index (χ0) is 14.5. The number of benzene rings is 1. The summed E-state index contributed by atoms with van der Waals surface area (Å²) in [6, 6.07) is 8.40. The van der Waals surface area contributed by atoms with E-state index in [1.54, 1.807) is 0 Å². The Hall–Kier alpha value is -1.83. The molecule has 110 valence electrons. The van der Waals surface area contributed by atoms with E-state index in [0.717, 1.165) is 38.4 Å². The number of nitrogens with one attached hydrogen (secondary N) is 1. The molecule has 0 aliphatic carbocycles. The van der Waals surface area contributed by atoms with Crippen LogP contribution in [0.15, 0.2) is 24.3 Å². The number of carbonyl (C=O) groups excluding carboxylic acids is 1. The van der Waals surface area contributed by atoms with Crippen molar-refractivity contribution < 1.29 is 9.53 Å². The van der Waals surface area contributed by atoms with E-state index in [4.69, 9.17) is 4.74 Å². The average Bonchev–Trinajstić information content (AvgIpc) is 2.93. The monoisotopic (exact) mass is 284 g/mol. The summed E-state index contributed by atoms with van der Waals surface area (Å²) in [5.74, 6) is 6.60. The van der Waals surface area contributed by atoms with E-state index in [2.05, 4.69) is 46.3 Å². The molecule has 2 heterocycles. The van der Waals surface area contributed by atoms with Crippen LogP contribution in [0.2, 0.25) is 0 Å². The fraction of sp³-hybridized carbons (Fsp3) is 0.471. The average molecular weight is 284 g/mol. The Morgan fingerprint density at radius 1 is 1.24 bits per heavy atom. The van der Waals surface area contributed by atoms with Crippen molar-refractivity contribution in [3.63, 3.8) is 0 Å². The van der Waals surface area contributed by atoms with E-state index < -0.39 is 0 Å². The van der Waals surface area contributed by atoms with Crippen LogP contribution in [-0.4, -0.2) is 43.7 Å². The third-order valence-electron chi connectivity index (χ3n) is 3.86. The van der Waals surface area contributed by atoms with Gasteiger partial charge in [-0.2, -0.15) is 0 Å². The number of morpholine rings is 1. The highest BCUT2D eigenvalue weighted by atomic mass is 16.5. The fourth-order valence-corrected chi connectivity index (χ4v) is 2.60. The van der Waals surface area contributed by atoms with Crippen LogP contribution in [0, 0.1) is 17.8 Å². The topological polar surface area (TPSA) is 41.6 Å². The zero-order valence-electron chi connectivity index (χ0n) is 12.1. The Morgan fingerprint density at radius 3 is 2.67 bits per heavy atom. The molecular formula is C17H20N2O2. The summed E-state index contributed by atoms with van der Waals surface area (Å²) in [7, 11) is 0. The first-order valence-corrected chi connectivity index (χ1v) is 7.47. The zero-order valence-corrected chi connectivity index (χ0v) is 12.1. The van der Waals surface area contributed by atoms with E-state index in [1.807, 2.05) is 0 Å². The van der Waals surface area contributed by atoms with Crippen molar-refractivity contribution in [2.24, 2.45) is 5.92 Å². The SMILES string of the molecule is O=C1CC(C#Cc2ccc(CN3CCOCC3)cc2)CN1. The quantitative estimate of drug-likeness (QED) is 0.824. The van der Waals surface area contributed by atoms with Gasteiger partial charge in [0.2, 0.25) is 5.91 Å². The maximum atomic E-state index is 11.1. The first-order chi connectivity index (χ1) is 10.3. The molecule has 21 heavy (non-hydrogen) atoms. The van der Waals surface area contributed by atoms with Crippen molar-refractivity contribution in [2.75, 3.05) is 32.8 Å². The molecule has 0 saturated carbocycles. The summed E-state index contributed by atoms with van der Waals surface area (Å²) in [5, 5.41) is 2.80. The summed E-state index contributed by atoms with van der Waals surface area (Å²) in [6.45, 7) is 5.32. The molecule has 1 amide bonds. The van der Waals surface area contributed by atoms with E-state index in [9.17, 15) is 4.79 Å². The van der Waals surface area contributed by atoms with Gasteiger partial charge in [-0.05, 0) is 17.7 Å². The molecule has 1 N–H and O–H groups in total. The van der Waals surface area contributed by atoms with Crippen LogP contribution in [0.25, 0.3) is 0 Å². The Bertz CT molecular complexity index is 550.